The van der Waals surface area contributed by atoms with Gasteiger partial charge in [0.2, 0.25) is 5.91 Å². The van der Waals surface area contributed by atoms with Gasteiger partial charge < -0.3 is 29.0 Å². The van der Waals surface area contributed by atoms with Gasteiger partial charge in [-0.15, -0.1) is 0 Å². The lowest BCUT2D eigenvalue weighted by molar-refractivity contribution is -0.255. The van der Waals surface area contributed by atoms with E-state index in [-0.39, 0.29) is 17.9 Å². The Morgan fingerprint density at radius 1 is 0.938 bits per heavy atom. The lowest BCUT2D eigenvalue weighted by Crippen LogP contribution is -2.41. The van der Waals surface area contributed by atoms with Gasteiger partial charge in [-0.25, -0.2) is 0 Å². The number of ether oxygens (including phenoxy) is 3. The van der Waals surface area contributed by atoms with Gasteiger partial charge in [-0.1, -0.05) is 24.3 Å². The second-order valence-electron chi connectivity index (χ2n) is 7.36. The molecule has 0 aromatic heterocycles. The molecule has 0 saturated heterocycles. The summed E-state index contributed by atoms with van der Waals surface area (Å²) in [5.41, 5.74) is 3.00. The van der Waals surface area contributed by atoms with E-state index in [1.165, 1.54) is 12.1 Å². The molecule has 0 unspecified atom stereocenters. The van der Waals surface area contributed by atoms with Crippen LogP contribution < -0.4 is 24.2 Å². The van der Waals surface area contributed by atoms with E-state index < -0.39 is 12.0 Å². The Morgan fingerprint density at radius 2 is 1.62 bits per heavy atom. The van der Waals surface area contributed by atoms with Crippen molar-refractivity contribution >= 4 is 17.6 Å². The molecule has 7 heteroatoms. The number of methoxy groups -OCH3 is 3. The smallest absolute Gasteiger partial charge is 0.232 e. The Morgan fingerprint density at radius 3 is 2.25 bits per heavy atom. The van der Waals surface area contributed by atoms with E-state index in [0.717, 1.165) is 16.7 Å². The molecule has 32 heavy (non-hydrogen) atoms. The molecule has 164 valence electrons. The quantitative estimate of drug-likeness (QED) is 0.595. The van der Waals surface area contributed by atoms with Crippen LogP contribution in [0.15, 0.2) is 60.7 Å². The highest BCUT2D eigenvalue weighted by molar-refractivity contribution is 5.99. The van der Waals surface area contributed by atoms with Gasteiger partial charge >= 0.3 is 0 Å². The Labute approximate surface area is 185 Å². The molecule has 0 bridgehead atoms. The van der Waals surface area contributed by atoms with Crippen LogP contribution in [0.1, 0.15) is 33.1 Å². The number of hydrogen-bond acceptors (Lipinski definition) is 6. The summed E-state index contributed by atoms with van der Waals surface area (Å²) in [6.45, 7) is 0. The molecule has 0 saturated carbocycles. The first-order chi connectivity index (χ1) is 15.5. The predicted octanol–water partition coefficient (Wildman–Crippen LogP) is 2.75. The van der Waals surface area contributed by atoms with Crippen LogP contribution in [-0.2, 0) is 11.2 Å². The molecule has 0 N–H and O–H groups in total. The predicted molar refractivity (Wildman–Crippen MR) is 116 cm³/mol. The number of aromatic carboxylic acids is 1. The minimum Gasteiger partial charge on any atom is -0.545 e. The van der Waals surface area contributed by atoms with E-state index in [1.807, 2.05) is 36.4 Å². The zero-order valence-corrected chi connectivity index (χ0v) is 18.0. The number of hydrogen-bond donors (Lipinski definition) is 0. The van der Waals surface area contributed by atoms with Crippen molar-refractivity contribution in [3.63, 3.8) is 0 Å². The van der Waals surface area contributed by atoms with Crippen molar-refractivity contribution < 1.29 is 28.9 Å². The third-order valence-corrected chi connectivity index (χ3v) is 5.60. The zero-order valence-electron chi connectivity index (χ0n) is 18.0. The highest BCUT2D eigenvalue weighted by atomic mass is 16.5. The van der Waals surface area contributed by atoms with Crippen LogP contribution in [0.5, 0.6) is 17.2 Å². The summed E-state index contributed by atoms with van der Waals surface area (Å²) in [4.78, 5) is 26.4. The second kappa shape index (κ2) is 8.63. The van der Waals surface area contributed by atoms with Crippen molar-refractivity contribution in [3.8, 4) is 17.2 Å². The number of nitrogens with zero attached hydrogens (tertiary/aromatic N) is 1. The number of fused-ring (bicyclic) bond motifs is 1. The molecule has 1 amide bonds. The van der Waals surface area contributed by atoms with Gasteiger partial charge in [0.05, 0.1) is 39.8 Å². The Hall–Kier alpha value is -4.00. The van der Waals surface area contributed by atoms with Crippen LogP contribution in [0.25, 0.3) is 0 Å². The topological polar surface area (TPSA) is 88.1 Å². The van der Waals surface area contributed by atoms with Crippen LogP contribution in [0.4, 0.5) is 5.69 Å². The number of amides is 1. The molecule has 4 rings (SSSR count). The third-order valence-electron chi connectivity index (χ3n) is 5.60. The fraction of sp³-hybridized carbons (Fsp3) is 0.200. The van der Waals surface area contributed by atoms with Gasteiger partial charge in [-0.2, -0.15) is 0 Å². The lowest BCUT2D eigenvalue weighted by Gasteiger charge is -2.38. The molecule has 0 radical (unpaired) electrons. The summed E-state index contributed by atoms with van der Waals surface area (Å²) in [6.07, 6.45) is 0.137. The standard InChI is InChI=1S/C25H23NO6/c1-30-19-9-7-15(8-10-19)24-20-14-22(32-3)21(31-2)12-17(20)13-23(27)26(24)18-6-4-5-16(11-18)25(28)29/h4-12,14,24H,13H2,1-3H3,(H,28,29)/p-1/t24-/m1/s1. The van der Waals surface area contributed by atoms with E-state index in [4.69, 9.17) is 14.2 Å². The van der Waals surface area contributed by atoms with Crippen LogP contribution in [-0.4, -0.2) is 33.2 Å². The average molecular weight is 432 g/mol. The van der Waals surface area contributed by atoms with E-state index in [9.17, 15) is 14.7 Å². The van der Waals surface area contributed by atoms with Gasteiger partial charge in [0, 0.05) is 5.69 Å². The number of anilines is 1. The van der Waals surface area contributed by atoms with Crippen LogP contribution in [0, 0.1) is 0 Å². The summed E-state index contributed by atoms with van der Waals surface area (Å²) in [7, 11) is 4.69. The fourth-order valence-electron chi connectivity index (χ4n) is 4.07. The summed E-state index contributed by atoms with van der Waals surface area (Å²) in [5, 5.41) is 11.4. The molecule has 1 aliphatic rings. The van der Waals surface area contributed by atoms with Gasteiger partial charge in [0.15, 0.2) is 11.5 Å². The molecular weight excluding hydrogens is 410 g/mol. The van der Waals surface area contributed by atoms with Crippen molar-refractivity contribution in [3.05, 3.63) is 82.9 Å². The first-order valence-corrected chi connectivity index (χ1v) is 9.99. The second-order valence-corrected chi connectivity index (χ2v) is 7.36. The maximum absolute atomic E-state index is 13.4. The first kappa shape index (κ1) is 21.2. The third kappa shape index (κ3) is 3.73. The van der Waals surface area contributed by atoms with Crippen molar-refractivity contribution in [2.24, 2.45) is 0 Å². The van der Waals surface area contributed by atoms with E-state index >= 15 is 0 Å². The molecular formula is C25H22NO6-. The minimum absolute atomic E-state index is 0.00175. The zero-order chi connectivity index (χ0) is 22.8. The molecule has 7 nitrogen and oxygen atoms in total. The minimum atomic E-state index is -1.30. The maximum Gasteiger partial charge on any atom is 0.232 e. The van der Waals surface area contributed by atoms with Crippen LogP contribution in [0.3, 0.4) is 0 Å². The normalized spacial score (nSPS) is 15.2. The summed E-state index contributed by atoms with van der Waals surface area (Å²) < 4.78 is 16.2. The summed E-state index contributed by atoms with van der Waals surface area (Å²) in [5.74, 6) is 0.307. The number of carboxylic acids is 1. The highest BCUT2D eigenvalue weighted by Crippen LogP contribution is 2.43. The maximum atomic E-state index is 13.4. The van der Waals surface area contributed by atoms with Crippen LogP contribution in [0.2, 0.25) is 0 Å². The van der Waals surface area contributed by atoms with Crippen LogP contribution >= 0.6 is 0 Å². The Kier molecular flexibility index (Phi) is 5.73. The summed E-state index contributed by atoms with van der Waals surface area (Å²) >= 11 is 0. The number of carboxylic acid groups (broad SMARTS) is 1. The van der Waals surface area contributed by atoms with Crippen molar-refractivity contribution in [1.29, 1.82) is 0 Å². The molecule has 1 aliphatic heterocycles. The molecule has 3 aromatic rings. The fourth-order valence-corrected chi connectivity index (χ4v) is 4.07. The van der Waals surface area contributed by atoms with Gasteiger partial charge in [0.1, 0.15) is 5.75 Å². The highest BCUT2D eigenvalue weighted by Gasteiger charge is 2.36. The number of rotatable bonds is 6. The molecule has 0 aliphatic carbocycles. The van der Waals surface area contributed by atoms with E-state index in [0.29, 0.717) is 22.9 Å². The average Bonchev–Trinajstić information content (AvgIpc) is 2.82. The number of carbonyl (C=O) groups is 2. The monoisotopic (exact) mass is 432 g/mol. The first-order valence-electron chi connectivity index (χ1n) is 9.99. The van der Waals surface area contributed by atoms with Crippen molar-refractivity contribution in [1.82, 2.24) is 0 Å². The largest absolute Gasteiger partial charge is 0.545 e. The van der Waals surface area contributed by atoms with Gasteiger partial charge in [-0.05, 0) is 58.7 Å². The van der Waals surface area contributed by atoms with Crippen molar-refractivity contribution in [2.75, 3.05) is 26.2 Å². The molecule has 1 atom stereocenters. The molecule has 0 spiro atoms. The van der Waals surface area contributed by atoms with Gasteiger partial charge in [0.25, 0.3) is 0 Å². The number of carbonyl (C=O) groups excluding carboxylic acids is 2. The summed E-state index contributed by atoms with van der Waals surface area (Å²) in [6, 6.07) is 16.8. The van der Waals surface area contributed by atoms with E-state index in [2.05, 4.69) is 0 Å². The SMILES string of the molecule is COc1ccc([C@@H]2c3cc(OC)c(OC)cc3CC(=O)N2c2cccc(C(=O)[O-])c2)cc1. The number of benzene rings is 3. The Balaban J connectivity index is 1.93. The molecule has 3 aromatic carbocycles. The lowest BCUT2D eigenvalue weighted by atomic mass is 9.86. The van der Waals surface area contributed by atoms with Gasteiger partial charge in [-0.3, -0.25) is 4.79 Å². The van der Waals surface area contributed by atoms with E-state index in [1.54, 1.807) is 38.4 Å². The Bertz CT molecular complexity index is 1170. The van der Waals surface area contributed by atoms with Crippen molar-refractivity contribution in [2.45, 2.75) is 12.5 Å². The molecule has 0 fully saturated rings. The molecule has 1 heterocycles.